The highest BCUT2D eigenvalue weighted by atomic mass is 16.5. The van der Waals surface area contributed by atoms with Crippen LogP contribution in [0.4, 0.5) is 0 Å². The van der Waals surface area contributed by atoms with Gasteiger partial charge in [0, 0.05) is 11.1 Å². The van der Waals surface area contributed by atoms with Gasteiger partial charge in [-0.15, -0.1) is 0 Å². The fraction of sp³-hybridized carbons (Fsp3) is 0.375. The summed E-state index contributed by atoms with van der Waals surface area (Å²) in [7, 11) is 0. The van der Waals surface area contributed by atoms with Crippen LogP contribution in [0, 0.1) is 11.8 Å². The van der Waals surface area contributed by atoms with E-state index in [9.17, 15) is 14.4 Å². The molecule has 148 valence electrons. The Morgan fingerprint density at radius 3 is 1.90 bits per heavy atom. The summed E-state index contributed by atoms with van der Waals surface area (Å²) in [6.07, 6.45) is 2.87. The van der Waals surface area contributed by atoms with Crippen molar-refractivity contribution in [2.45, 2.75) is 44.8 Å². The minimum absolute atomic E-state index is 0.212. The maximum absolute atomic E-state index is 13.0. The molecule has 0 N–H and O–H groups in total. The van der Waals surface area contributed by atoms with Crippen molar-refractivity contribution < 1.29 is 19.1 Å². The van der Waals surface area contributed by atoms with E-state index in [0.29, 0.717) is 0 Å². The molecule has 3 aliphatic rings. The van der Waals surface area contributed by atoms with Crippen molar-refractivity contribution in [2.24, 2.45) is 11.8 Å². The predicted molar refractivity (Wildman–Crippen MR) is 107 cm³/mol. The van der Waals surface area contributed by atoms with Crippen LogP contribution in [0.5, 0.6) is 0 Å². The van der Waals surface area contributed by atoms with Gasteiger partial charge in [0.05, 0.1) is 11.8 Å². The largest absolute Gasteiger partial charge is 0.451 e. The first kappa shape index (κ1) is 18.1. The number of ether oxygens (including phenoxy) is 1. The average Bonchev–Trinajstić information content (AvgIpc) is 3.20. The lowest BCUT2D eigenvalue weighted by Gasteiger charge is -2.24. The van der Waals surface area contributed by atoms with E-state index in [2.05, 4.69) is 0 Å². The van der Waals surface area contributed by atoms with Crippen LogP contribution in [0.2, 0.25) is 0 Å². The molecule has 2 aromatic carbocycles. The molecule has 0 bridgehead atoms. The number of esters is 1. The summed E-state index contributed by atoms with van der Waals surface area (Å²) in [6, 6.07) is 14.8. The number of carbonyl (C=O) groups excluding carboxylic acids is 3. The molecule has 0 spiro atoms. The lowest BCUT2D eigenvalue weighted by Crippen LogP contribution is -2.44. The van der Waals surface area contributed by atoms with Gasteiger partial charge in [-0.1, -0.05) is 61.4 Å². The lowest BCUT2D eigenvalue weighted by molar-refractivity contribution is -0.160. The minimum atomic E-state index is -0.916. The molecule has 0 unspecified atom stereocenters. The van der Waals surface area contributed by atoms with E-state index in [4.69, 9.17) is 4.74 Å². The second-order valence-electron chi connectivity index (χ2n) is 8.21. The van der Waals surface area contributed by atoms with Gasteiger partial charge in [-0.05, 0) is 30.9 Å². The van der Waals surface area contributed by atoms with Crippen molar-refractivity contribution in [3.05, 3.63) is 59.7 Å². The Morgan fingerprint density at radius 1 is 0.897 bits per heavy atom. The molecule has 1 aliphatic heterocycles. The van der Waals surface area contributed by atoms with Gasteiger partial charge in [0.2, 0.25) is 11.8 Å². The van der Waals surface area contributed by atoms with Gasteiger partial charge in [0.1, 0.15) is 6.04 Å². The standard InChI is InChI=1S/C24H23NO4/c1-14(25-22(26)19-12-6-7-13-20(19)23(25)27)24(28)29-21-17-10-4-2-8-15(17)16-9-3-5-11-18(16)21/h2-5,8-11,14,19-21H,6-7,12-13H2,1H3/t14-,19+,20+/m0/s1. The summed E-state index contributed by atoms with van der Waals surface area (Å²) >= 11 is 0. The van der Waals surface area contributed by atoms with E-state index in [1.54, 1.807) is 6.92 Å². The number of likely N-dealkylation sites (tertiary alicyclic amines) is 1. The Kier molecular flexibility index (Phi) is 4.26. The number of imide groups is 1. The van der Waals surface area contributed by atoms with E-state index in [1.807, 2.05) is 48.5 Å². The zero-order valence-corrected chi connectivity index (χ0v) is 16.3. The molecule has 5 nitrogen and oxygen atoms in total. The average molecular weight is 389 g/mol. The third-order valence-electron chi connectivity index (χ3n) is 6.61. The first-order valence-electron chi connectivity index (χ1n) is 10.3. The van der Waals surface area contributed by atoms with Gasteiger partial charge in [-0.3, -0.25) is 14.5 Å². The monoisotopic (exact) mass is 389 g/mol. The minimum Gasteiger partial charge on any atom is -0.451 e. The molecule has 5 rings (SSSR count). The molecule has 1 saturated heterocycles. The molecule has 3 atom stereocenters. The molecular weight excluding hydrogens is 366 g/mol. The first-order valence-corrected chi connectivity index (χ1v) is 10.3. The normalized spacial score (nSPS) is 24.1. The smallest absolute Gasteiger partial charge is 0.330 e. The van der Waals surface area contributed by atoms with Crippen LogP contribution in [-0.2, 0) is 19.1 Å². The Balaban J connectivity index is 1.41. The van der Waals surface area contributed by atoms with Crippen LogP contribution >= 0.6 is 0 Å². The number of benzene rings is 2. The van der Waals surface area contributed by atoms with Crippen LogP contribution < -0.4 is 0 Å². The lowest BCUT2D eigenvalue weighted by atomic mass is 9.81. The summed E-state index contributed by atoms with van der Waals surface area (Å²) in [5.41, 5.74) is 3.96. The number of carbonyl (C=O) groups is 3. The summed E-state index contributed by atoms with van der Waals surface area (Å²) in [5.74, 6) is -1.49. The van der Waals surface area contributed by atoms with E-state index in [1.165, 1.54) is 0 Å². The molecule has 5 heteroatoms. The predicted octanol–water partition coefficient (Wildman–Crippen LogP) is 3.86. The second-order valence-corrected chi connectivity index (χ2v) is 8.21. The SMILES string of the molecule is C[C@@H](C(=O)OC1c2ccccc2-c2ccccc21)N1C(=O)[C@@H]2CCCC[C@H]2C1=O. The van der Waals surface area contributed by atoms with Gasteiger partial charge < -0.3 is 4.74 Å². The van der Waals surface area contributed by atoms with E-state index in [-0.39, 0.29) is 23.7 Å². The number of fused-ring (bicyclic) bond motifs is 4. The number of hydrogen-bond acceptors (Lipinski definition) is 4. The summed E-state index contributed by atoms with van der Waals surface area (Å²) in [5, 5.41) is 0. The molecule has 1 saturated carbocycles. The molecule has 29 heavy (non-hydrogen) atoms. The Bertz CT molecular complexity index is 944. The van der Waals surface area contributed by atoms with Crippen molar-refractivity contribution >= 4 is 17.8 Å². The van der Waals surface area contributed by atoms with Crippen LogP contribution in [-0.4, -0.2) is 28.7 Å². The highest BCUT2D eigenvalue weighted by Gasteiger charge is 2.51. The number of amides is 2. The fourth-order valence-electron chi connectivity index (χ4n) is 5.13. The molecule has 1 heterocycles. The molecule has 2 aliphatic carbocycles. The maximum atomic E-state index is 13.0. The second kappa shape index (κ2) is 6.83. The zero-order valence-electron chi connectivity index (χ0n) is 16.3. The van der Waals surface area contributed by atoms with E-state index < -0.39 is 18.1 Å². The maximum Gasteiger partial charge on any atom is 0.330 e. The Labute approximate surface area is 169 Å². The fourth-order valence-corrected chi connectivity index (χ4v) is 5.13. The van der Waals surface area contributed by atoms with Crippen molar-refractivity contribution in [1.82, 2.24) is 4.90 Å². The first-order chi connectivity index (χ1) is 14.1. The molecular formula is C24H23NO4. The Morgan fingerprint density at radius 2 is 1.38 bits per heavy atom. The molecule has 2 fully saturated rings. The summed E-state index contributed by atoms with van der Waals surface area (Å²) < 4.78 is 5.90. The number of hydrogen-bond donors (Lipinski definition) is 0. The van der Waals surface area contributed by atoms with Crippen LogP contribution in [0.1, 0.15) is 49.8 Å². The van der Waals surface area contributed by atoms with Crippen LogP contribution in [0.15, 0.2) is 48.5 Å². The number of rotatable bonds is 3. The highest BCUT2D eigenvalue weighted by Crippen LogP contribution is 2.45. The molecule has 2 aromatic rings. The topological polar surface area (TPSA) is 63.7 Å². The van der Waals surface area contributed by atoms with Crippen molar-refractivity contribution in [3.63, 3.8) is 0 Å². The van der Waals surface area contributed by atoms with Gasteiger partial charge in [-0.25, -0.2) is 4.79 Å². The van der Waals surface area contributed by atoms with Crippen LogP contribution in [0.25, 0.3) is 11.1 Å². The zero-order chi connectivity index (χ0) is 20.1. The molecule has 0 radical (unpaired) electrons. The third kappa shape index (κ3) is 2.71. The van der Waals surface area contributed by atoms with Crippen molar-refractivity contribution in [3.8, 4) is 11.1 Å². The quantitative estimate of drug-likeness (QED) is 0.591. The summed E-state index contributed by atoms with van der Waals surface area (Å²) in [6.45, 7) is 1.60. The third-order valence-corrected chi connectivity index (χ3v) is 6.61. The molecule has 0 aromatic heterocycles. The van der Waals surface area contributed by atoms with Crippen molar-refractivity contribution in [2.75, 3.05) is 0 Å². The molecule has 2 amide bonds. The van der Waals surface area contributed by atoms with Gasteiger partial charge in [-0.2, -0.15) is 0 Å². The summed E-state index contributed by atoms with van der Waals surface area (Å²) in [4.78, 5) is 39.9. The Hall–Kier alpha value is -2.95. The number of nitrogens with zero attached hydrogens (tertiary/aromatic N) is 1. The van der Waals surface area contributed by atoms with E-state index in [0.717, 1.165) is 52.8 Å². The van der Waals surface area contributed by atoms with E-state index >= 15 is 0 Å². The van der Waals surface area contributed by atoms with Gasteiger partial charge in [0.15, 0.2) is 6.10 Å². The van der Waals surface area contributed by atoms with Gasteiger partial charge in [0.25, 0.3) is 0 Å². The van der Waals surface area contributed by atoms with Gasteiger partial charge >= 0.3 is 5.97 Å². The van der Waals surface area contributed by atoms with Crippen LogP contribution in [0.3, 0.4) is 0 Å². The highest BCUT2D eigenvalue weighted by molar-refractivity contribution is 6.07. The van der Waals surface area contributed by atoms with Crippen molar-refractivity contribution in [1.29, 1.82) is 0 Å².